The number of anilines is 1. The average Bonchev–Trinajstić information content (AvgIpc) is 3.58. The molecule has 8 nitrogen and oxygen atoms in total. The maximum absolute atomic E-state index is 14.2. The number of hydrogen-bond donors (Lipinski definition) is 1. The molecule has 3 aromatic carbocycles. The molecular formula is C36H25ClN2O6. The number of aromatic hydroxyl groups is 1. The van der Waals surface area contributed by atoms with Crippen molar-refractivity contribution in [3.05, 3.63) is 112 Å². The van der Waals surface area contributed by atoms with Crippen molar-refractivity contribution in [2.75, 3.05) is 4.90 Å². The van der Waals surface area contributed by atoms with Gasteiger partial charge in [-0.1, -0.05) is 35.4 Å². The molecule has 0 bridgehead atoms. The fourth-order valence-electron chi connectivity index (χ4n) is 7.50. The zero-order chi connectivity index (χ0) is 31.1. The van der Waals surface area contributed by atoms with Gasteiger partial charge in [-0.05, 0) is 86.4 Å². The van der Waals surface area contributed by atoms with E-state index in [1.807, 2.05) is 30.3 Å². The number of imide groups is 1. The highest BCUT2D eigenvalue weighted by Gasteiger charge is 2.56. The van der Waals surface area contributed by atoms with Crippen molar-refractivity contribution in [3.63, 3.8) is 0 Å². The first-order chi connectivity index (χ1) is 21.7. The number of oxazole rings is 1. The Hall–Kier alpha value is -5.08. The summed E-state index contributed by atoms with van der Waals surface area (Å²) in [6.07, 6.45) is 3.68. The van der Waals surface area contributed by atoms with E-state index in [2.05, 4.69) is 4.98 Å². The second-order valence-corrected chi connectivity index (χ2v) is 12.4. The van der Waals surface area contributed by atoms with Crippen molar-refractivity contribution >= 4 is 51.8 Å². The molecule has 2 heterocycles. The SMILES string of the molecule is CC1=CC(=O)C2=C(CC3C(=CCC4C(=O)N(c5ccc(-c6nc7ccccc7o6)cc5)C(=O)C43)C2c2cc(Cl)ccc2O)C1=O. The summed E-state index contributed by atoms with van der Waals surface area (Å²) in [5.41, 5.74) is 4.61. The van der Waals surface area contributed by atoms with Crippen LogP contribution in [0, 0.1) is 17.8 Å². The largest absolute Gasteiger partial charge is 0.508 e. The molecule has 8 rings (SSSR count). The number of amides is 2. The number of para-hydroxylation sites is 2. The van der Waals surface area contributed by atoms with Gasteiger partial charge in [0.25, 0.3) is 0 Å². The minimum absolute atomic E-state index is 0.0686. The van der Waals surface area contributed by atoms with Gasteiger partial charge in [0.2, 0.25) is 17.7 Å². The number of phenolic OH excluding ortho intramolecular Hbond substituents is 1. The van der Waals surface area contributed by atoms with E-state index in [1.54, 1.807) is 43.3 Å². The molecule has 222 valence electrons. The highest BCUT2D eigenvalue weighted by atomic mass is 35.5. The number of Topliss-reactive ketones (excluding diaryl/α,β-unsaturated/α-hetero) is 1. The number of hydrogen-bond acceptors (Lipinski definition) is 7. The summed E-state index contributed by atoms with van der Waals surface area (Å²) in [5.74, 6) is -3.51. The third-order valence-corrected chi connectivity index (χ3v) is 9.76. The number of fused-ring (bicyclic) bond motifs is 4. The van der Waals surface area contributed by atoms with Gasteiger partial charge in [-0.2, -0.15) is 0 Å². The van der Waals surface area contributed by atoms with Crippen LogP contribution < -0.4 is 4.90 Å². The van der Waals surface area contributed by atoms with E-state index < -0.39 is 23.7 Å². The maximum Gasteiger partial charge on any atom is 0.238 e. The lowest BCUT2D eigenvalue weighted by molar-refractivity contribution is -0.123. The van der Waals surface area contributed by atoms with Crippen LogP contribution in [-0.4, -0.2) is 33.5 Å². The molecular weight excluding hydrogens is 592 g/mol. The van der Waals surface area contributed by atoms with Crippen LogP contribution in [0.4, 0.5) is 5.69 Å². The van der Waals surface area contributed by atoms with Gasteiger partial charge in [0.1, 0.15) is 11.3 Å². The molecule has 4 aromatic rings. The Bertz CT molecular complexity index is 2070. The van der Waals surface area contributed by atoms with Crippen molar-refractivity contribution < 1.29 is 28.7 Å². The second-order valence-electron chi connectivity index (χ2n) is 12.0. The van der Waals surface area contributed by atoms with Crippen molar-refractivity contribution in [1.82, 2.24) is 4.98 Å². The van der Waals surface area contributed by atoms with E-state index in [-0.39, 0.29) is 42.0 Å². The minimum Gasteiger partial charge on any atom is -0.508 e. The first-order valence-corrected chi connectivity index (χ1v) is 15.1. The van der Waals surface area contributed by atoms with Crippen LogP contribution in [0.2, 0.25) is 5.02 Å². The standard InChI is InChI=1S/C36H25ClN2O6/c1-17-14-28(41)32-25(33(17)42)16-23-21(30(32)24-15-19(37)8-13-27(24)40)11-12-22-31(23)36(44)39(35(22)43)20-9-6-18(7-10-20)34-38-26-4-2-3-5-29(26)45-34/h2-11,13-15,22-23,30-31,40H,12,16H2,1H3. The molecule has 1 fully saturated rings. The van der Waals surface area contributed by atoms with E-state index in [1.165, 1.54) is 17.0 Å². The van der Waals surface area contributed by atoms with Crippen molar-refractivity contribution in [2.24, 2.45) is 17.8 Å². The Morgan fingerprint density at radius 2 is 1.73 bits per heavy atom. The van der Waals surface area contributed by atoms with Gasteiger partial charge >= 0.3 is 0 Å². The van der Waals surface area contributed by atoms with Gasteiger partial charge in [-0.3, -0.25) is 24.1 Å². The molecule has 4 unspecified atom stereocenters. The summed E-state index contributed by atoms with van der Waals surface area (Å²) in [7, 11) is 0. The van der Waals surface area contributed by atoms with Gasteiger partial charge in [-0.15, -0.1) is 0 Å². The number of nitrogens with zero attached hydrogens (tertiary/aromatic N) is 2. The topological polar surface area (TPSA) is 118 Å². The molecule has 4 atom stereocenters. The van der Waals surface area contributed by atoms with E-state index in [0.717, 1.165) is 11.1 Å². The summed E-state index contributed by atoms with van der Waals surface area (Å²) in [5, 5.41) is 11.3. The van der Waals surface area contributed by atoms with Crippen LogP contribution in [0.15, 0.2) is 106 Å². The maximum atomic E-state index is 14.2. The van der Waals surface area contributed by atoms with Crippen LogP contribution in [0.3, 0.4) is 0 Å². The van der Waals surface area contributed by atoms with Crippen molar-refractivity contribution in [3.8, 4) is 17.2 Å². The molecule has 4 aliphatic rings. The van der Waals surface area contributed by atoms with Gasteiger partial charge in [0.05, 0.1) is 17.5 Å². The number of allylic oxidation sites excluding steroid dienone is 6. The lowest BCUT2D eigenvalue weighted by Gasteiger charge is -2.42. The summed E-state index contributed by atoms with van der Waals surface area (Å²) in [6, 6.07) is 19.0. The lowest BCUT2D eigenvalue weighted by Crippen LogP contribution is -2.39. The van der Waals surface area contributed by atoms with Gasteiger partial charge in [-0.25, -0.2) is 4.98 Å². The third kappa shape index (κ3) is 4.09. The minimum atomic E-state index is -0.772. The molecule has 1 N–H and O–H groups in total. The molecule has 1 aliphatic heterocycles. The monoisotopic (exact) mass is 616 g/mol. The van der Waals surface area contributed by atoms with Crippen LogP contribution in [-0.2, 0) is 19.2 Å². The fourth-order valence-corrected chi connectivity index (χ4v) is 7.68. The number of aromatic nitrogens is 1. The molecule has 2 amide bonds. The highest BCUT2D eigenvalue weighted by Crippen LogP contribution is 2.56. The molecule has 0 saturated carbocycles. The predicted molar refractivity (Wildman–Crippen MR) is 166 cm³/mol. The lowest BCUT2D eigenvalue weighted by atomic mass is 9.59. The summed E-state index contributed by atoms with van der Waals surface area (Å²) in [6.45, 7) is 1.60. The molecule has 3 aliphatic carbocycles. The number of halogens is 1. The van der Waals surface area contributed by atoms with Gasteiger partial charge in [0, 0.05) is 38.8 Å². The van der Waals surface area contributed by atoms with Crippen LogP contribution in [0.1, 0.15) is 31.2 Å². The third-order valence-electron chi connectivity index (χ3n) is 9.53. The predicted octanol–water partition coefficient (Wildman–Crippen LogP) is 6.49. The van der Waals surface area contributed by atoms with E-state index >= 15 is 0 Å². The Labute approximate surface area is 262 Å². The molecule has 1 aromatic heterocycles. The molecule has 0 radical (unpaired) electrons. The summed E-state index contributed by atoms with van der Waals surface area (Å²) in [4.78, 5) is 60.7. The zero-order valence-corrected chi connectivity index (χ0v) is 24.7. The summed E-state index contributed by atoms with van der Waals surface area (Å²) >= 11 is 6.34. The first kappa shape index (κ1) is 27.5. The van der Waals surface area contributed by atoms with Gasteiger partial charge < -0.3 is 9.52 Å². The molecule has 0 spiro atoms. The Morgan fingerprint density at radius 3 is 2.51 bits per heavy atom. The normalized spacial score (nSPS) is 24.4. The van der Waals surface area contributed by atoms with E-state index in [9.17, 15) is 24.3 Å². The molecule has 1 saturated heterocycles. The van der Waals surface area contributed by atoms with Crippen LogP contribution in [0.25, 0.3) is 22.6 Å². The van der Waals surface area contributed by atoms with Crippen LogP contribution >= 0.6 is 11.6 Å². The molecule has 9 heteroatoms. The number of carbonyl (C=O) groups excluding carboxylic acids is 4. The Balaban J connectivity index is 1.17. The van der Waals surface area contributed by atoms with Crippen molar-refractivity contribution in [2.45, 2.75) is 25.7 Å². The van der Waals surface area contributed by atoms with E-state index in [0.29, 0.717) is 50.0 Å². The smallest absolute Gasteiger partial charge is 0.238 e. The molecule has 45 heavy (non-hydrogen) atoms. The average molecular weight is 617 g/mol. The second kappa shape index (κ2) is 9.97. The first-order valence-electron chi connectivity index (χ1n) is 14.7. The quantitative estimate of drug-likeness (QED) is 0.159. The van der Waals surface area contributed by atoms with E-state index in [4.69, 9.17) is 16.0 Å². The number of rotatable bonds is 3. The Kier molecular flexibility index (Phi) is 6.09. The fraction of sp³-hybridized carbons (Fsp3) is 0.194. The summed E-state index contributed by atoms with van der Waals surface area (Å²) < 4.78 is 5.88. The number of phenols is 1. The zero-order valence-electron chi connectivity index (χ0n) is 24.0. The van der Waals surface area contributed by atoms with Crippen molar-refractivity contribution in [1.29, 1.82) is 0 Å². The number of ketones is 2. The number of carbonyl (C=O) groups is 4. The highest BCUT2D eigenvalue weighted by molar-refractivity contribution is 6.30. The van der Waals surface area contributed by atoms with Gasteiger partial charge in [0.15, 0.2) is 17.1 Å². The Morgan fingerprint density at radius 1 is 0.956 bits per heavy atom. The van der Waals surface area contributed by atoms with Crippen LogP contribution in [0.5, 0.6) is 5.75 Å². The number of benzene rings is 3.